The van der Waals surface area contributed by atoms with Crippen LogP contribution in [0.5, 0.6) is 0 Å². The van der Waals surface area contributed by atoms with Crippen molar-refractivity contribution in [3.05, 3.63) is 46.9 Å². The Balaban J connectivity index is 1.53. The zero-order valence-corrected chi connectivity index (χ0v) is 19.3. The number of thioether (sulfide) groups is 1. The topological polar surface area (TPSA) is 52.7 Å². The largest absolute Gasteiger partial charge is 0.376 e. The molecule has 3 aliphatic rings. The predicted octanol–water partition coefficient (Wildman–Crippen LogP) is 4.08. The van der Waals surface area contributed by atoms with E-state index in [9.17, 15) is 8.42 Å². The first kappa shape index (κ1) is 21.0. The van der Waals surface area contributed by atoms with E-state index in [0.29, 0.717) is 25.0 Å². The van der Waals surface area contributed by atoms with Gasteiger partial charge in [0, 0.05) is 47.7 Å². The van der Waals surface area contributed by atoms with E-state index >= 15 is 0 Å². The minimum absolute atomic E-state index is 0.267. The summed E-state index contributed by atoms with van der Waals surface area (Å²) < 4.78 is 28.2. The third kappa shape index (κ3) is 4.02. The number of fused-ring (bicyclic) bond motifs is 2. The second kappa shape index (κ2) is 8.10. The van der Waals surface area contributed by atoms with Gasteiger partial charge >= 0.3 is 0 Å². The van der Waals surface area contributed by atoms with Crippen molar-refractivity contribution in [2.45, 2.75) is 49.9 Å². The highest BCUT2D eigenvalue weighted by Gasteiger charge is 2.34. The lowest BCUT2D eigenvalue weighted by Gasteiger charge is -2.37. The normalized spacial score (nSPS) is 26.4. The van der Waals surface area contributed by atoms with Crippen molar-refractivity contribution in [3.63, 3.8) is 0 Å². The molecule has 0 spiro atoms. The van der Waals surface area contributed by atoms with Gasteiger partial charge in [-0.25, -0.2) is 8.42 Å². The number of nitrogens with one attached hydrogen (secondary N) is 1. The minimum atomic E-state index is -3.38. The van der Waals surface area contributed by atoms with Gasteiger partial charge in [-0.15, -0.1) is 0 Å². The Labute approximate surface area is 179 Å². The van der Waals surface area contributed by atoms with Crippen LogP contribution in [-0.2, 0) is 10.0 Å². The van der Waals surface area contributed by atoms with Crippen LogP contribution in [0.1, 0.15) is 38.5 Å². The second-order valence-corrected chi connectivity index (χ2v) is 11.9. The van der Waals surface area contributed by atoms with Crippen LogP contribution in [0, 0.1) is 5.92 Å². The Morgan fingerprint density at radius 3 is 2.55 bits per heavy atom. The van der Waals surface area contributed by atoms with Crippen LogP contribution in [0.15, 0.2) is 46.2 Å². The number of nitrogens with zero attached hydrogens (tertiary/aromatic N) is 2. The van der Waals surface area contributed by atoms with Gasteiger partial charge in [0.15, 0.2) is 0 Å². The molecule has 1 N–H and O–H groups in total. The molecule has 2 heterocycles. The Morgan fingerprint density at radius 1 is 1.14 bits per heavy atom. The number of sulfonamides is 1. The van der Waals surface area contributed by atoms with Gasteiger partial charge in [0.05, 0.1) is 11.3 Å². The first-order valence-electron chi connectivity index (χ1n) is 10.5. The van der Waals surface area contributed by atoms with Gasteiger partial charge in [-0.2, -0.15) is 4.31 Å². The molecule has 1 aliphatic carbocycles. The van der Waals surface area contributed by atoms with Crippen LogP contribution >= 0.6 is 11.8 Å². The number of anilines is 1. The van der Waals surface area contributed by atoms with Gasteiger partial charge in [0.2, 0.25) is 10.0 Å². The molecule has 0 aromatic heterocycles. The molecule has 3 unspecified atom stereocenters. The van der Waals surface area contributed by atoms with Crippen molar-refractivity contribution in [1.82, 2.24) is 9.21 Å². The summed E-state index contributed by atoms with van der Waals surface area (Å²) in [6, 6.07) is 6.80. The fourth-order valence-electron chi connectivity index (χ4n) is 4.27. The highest BCUT2D eigenvalue weighted by atomic mass is 32.2. The van der Waals surface area contributed by atoms with Crippen LogP contribution < -0.4 is 5.32 Å². The van der Waals surface area contributed by atoms with Crippen LogP contribution in [0.3, 0.4) is 0 Å². The first-order valence-corrected chi connectivity index (χ1v) is 12.8. The molecule has 1 aromatic carbocycles. The van der Waals surface area contributed by atoms with Gasteiger partial charge in [0.25, 0.3) is 0 Å². The average molecular weight is 434 g/mol. The van der Waals surface area contributed by atoms with E-state index in [1.807, 2.05) is 19.1 Å². The zero-order chi connectivity index (χ0) is 20.8. The molecule has 3 atom stereocenters. The van der Waals surface area contributed by atoms with Gasteiger partial charge < -0.3 is 5.32 Å². The first-order chi connectivity index (χ1) is 13.8. The molecule has 0 amide bonds. The zero-order valence-electron chi connectivity index (χ0n) is 17.6. The maximum Gasteiger partial charge on any atom is 0.220 e. The molecule has 5 nitrogen and oxygen atoms in total. The fraction of sp³-hybridized carbons (Fsp3) is 0.545. The minimum Gasteiger partial charge on any atom is -0.376 e. The molecule has 1 fully saturated rings. The summed E-state index contributed by atoms with van der Waals surface area (Å²) in [5.74, 6) is 0.415. The maximum atomic E-state index is 13.3. The molecular formula is C22H31N3O2S2. The summed E-state index contributed by atoms with van der Waals surface area (Å²) in [7, 11) is -3.38. The van der Waals surface area contributed by atoms with Gasteiger partial charge in [0.1, 0.15) is 0 Å². The van der Waals surface area contributed by atoms with E-state index in [2.05, 4.69) is 55.3 Å². The molecule has 0 radical (unpaired) electrons. The third-order valence-corrected chi connectivity index (χ3v) is 9.78. The number of rotatable bonds is 4. The number of benzene rings is 1. The van der Waals surface area contributed by atoms with Gasteiger partial charge in [-0.05, 0) is 44.4 Å². The lowest BCUT2D eigenvalue weighted by Crippen LogP contribution is -2.51. The van der Waals surface area contributed by atoms with Gasteiger partial charge in [-0.1, -0.05) is 43.0 Å². The lowest BCUT2D eigenvalue weighted by molar-refractivity contribution is 0.153. The van der Waals surface area contributed by atoms with E-state index in [-0.39, 0.29) is 6.04 Å². The quantitative estimate of drug-likeness (QED) is 0.775. The van der Waals surface area contributed by atoms with Crippen molar-refractivity contribution in [3.8, 4) is 0 Å². The highest BCUT2D eigenvalue weighted by molar-refractivity contribution is 8.03. The fourth-order valence-corrected chi connectivity index (χ4v) is 7.04. The molecule has 1 aromatic rings. The van der Waals surface area contributed by atoms with Crippen LogP contribution in [0.2, 0.25) is 0 Å². The average Bonchev–Trinajstić information content (AvgIpc) is 2.72. The third-order valence-electron chi connectivity index (χ3n) is 6.33. The molecular weight excluding hydrogens is 402 g/mol. The maximum absolute atomic E-state index is 13.3. The molecule has 0 saturated carbocycles. The summed E-state index contributed by atoms with van der Waals surface area (Å²) in [6.07, 6.45) is 6.50. The molecule has 7 heteroatoms. The summed E-state index contributed by atoms with van der Waals surface area (Å²) >= 11 is 1.79. The molecule has 29 heavy (non-hydrogen) atoms. The molecule has 2 aliphatic heterocycles. The number of hydrogen-bond donors (Lipinski definition) is 1. The molecule has 158 valence electrons. The Morgan fingerprint density at radius 2 is 1.86 bits per heavy atom. The van der Waals surface area contributed by atoms with Crippen LogP contribution in [0.4, 0.5) is 5.69 Å². The summed E-state index contributed by atoms with van der Waals surface area (Å²) in [5, 5.41) is 3.09. The lowest BCUT2D eigenvalue weighted by atomic mass is 9.96. The van der Waals surface area contributed by atoms with E-state index in [0.717, 1.165) is 29.2 Å². The van der Waals surface area contributed by atoms with E-state index in [4.69, 9.17) is 0 Å². The SMILES string of the molecule is CC1C=CC=C2Sc3ccc(C(C)S(=O)(=O)N4CCN(C(C)C)CC4)cc3NC21. The highest BCUT2D eigenvalue weighted by Crippen LogP contribution is 2.45. The summed E-state index contributed by atoms with van der Waals surface area (Å²) in [6.45, 7) is 11.1. The van der Waals surface area contributed by atoms with Crippen LogP contribution in [-0.4, -0.2) is 55.9 Å². The van der Waals surface area contributed by atoms with Gasteiger partial charge in [-0.3, -0.25) is 4.90 Å². The number of hydrogen-bond acceptors (Lipinski definition) is 5. The Hall–Kier alpha value is -1.28. The predicted molar refractivity (Wildman–Crippen MR) is 122 cm³/mol. The molecule has 4 rings (SSSR count). The summed E-state index contributed by atoms with van der Waals surface area (Å²) in [5.41, 5.74) is 1.90. The van der Waals surface area contributed by atoms with Crippen molar-refractivity contribution >= 4 is 27.5 Å². The smallest absolute Gasteiger partial charge is 0.220 e. The van der Waals surface area contributed by atoms with Crippen molar-refractivity contribution in [2.75, 3.05) is 31.5 Å². The van der Waals surface area contributed by atoms with Crippen LogP contribution in [0.25, 0.3) is 0 Å². The Kier molecular flexibility index (Phi) is 5.86. The van der Waals surface area contributed by atoms with Crippen molar-refractivity contribution < 1.29 is 8.42 Å². The van der Waals surface area contributed by atoms with Crippen molar-refractivity contribution in [1.29, 1.82) is 0 Å². The number of allylic oxidation sites excluding steroid dienone is 2. The number of piperazine rings is 1. The van der Waals surface area contributed by atoms with Crippen molar-refractivity contribution in [2.24, 2.45) is 5.92 Å². The second-order valence-electron chi connectivity index (χ2n) is 8.51. The Bertz CT molecular complexity index is 931. The van der Waals surface area contributed by atoms with E-state index in [1.165, 1.54) is 4.91 Å². The molecule has 0 bridgehead atoms. The van der Waals surface area contributed by atoms with E-state index < -0.39 is 15.3 Å². The summed E-state index contributed by atoms with van der Waals surface area (Å²) in [4.78, 5) is 4.82. The van der Waals surface area contributed by atoms with E-state index in [1.54, 1.807) is 16.1 Å². The monoisotopic (exact) mass is 433 g/mol. The molecule has 1 saturated heterocycles. The standard InChI is InChI=1S/C22H31N3O2S2/c1-15(2)24-10-12-25(13-11-24)29(26,27)17(4)18-8-9-20-19(14-18)23-22-16(3)6-5-7-21(22)28-20/h5-9,14-17,22-23H,10-13H2,1-4H3.